The molecule has 0 fully saturated rings. The van der Waals surface area contributed by atoms with Crippen LogP contribution < -0.4 is 10.6 Å². The molecule has 152 valence electrons. The number of unbranched alkanes of at least 4 members (excludes halogenated alkanes) is 2. The minimum atomic E-state index is -1.08. The number of hydrogen-bond acceptors (Lipinski definition) is 6. The number of hydrogen-bond donors (Lipinski definition) is 3. The first-order chi connectivity index (χ1) is 13.0. The normalized spacial score (nSPS) is 13.3. The van der Waals surface area contributed by atoms with E-state index in [0.717, 1.165) is 6.42 Å². The lowest BCUT2D eigenvalue weighted by Gasteiger charge is -2.13. The summed E-state index contributed by atoms with van der Waals surface area (Å²) in [6, 6.07) is 0. The quantitative estimate of drug-likeness (QED) is 0.264. The van der Waals surface area contributed by atoms with Gasteiger partial charge in [-0.3, -0.25) is 19.3 Å². The molecule has 0 aromatic heterocycles. The molecule has 1 heterocycles. The van der Waals surface area contributed by atoms with Crippen LogP contribution in [-0.4, -0.2) is 79.9 Å². The first-order valence-corrected chi connectivity index (χ1v) is 8.93. The minimum absolute atomic E-state index is 0.0652. The van der Waals surface area contributed by atoms with Gasteiger partial charge in [0.15, 0.2) is 0 Å². The second-order valence-corrected chi connectivity index (χ2v) is 5.78. The molecule has 0 bridgehead atoms. The number of imide groups is 1. The molecule has 10 nitrogen and oxygen atoms in total. The fraction of sp³-hybridized carbons (Fsp3) is 0.647. The van der Waals surface area contributed by atoms with E-state index in [-0.39, 0.29) is 30.9 Å². The summed E-state index contributed by atoms with van der Waals surface area (Å²) in [5, 5.41) is 13.3. The molecule has 1 rings (SSSR count). The second kappa shape index (κ2) is 13.7. The zero-order valence-corrected chi connectivity index (χ0v) is 15.3. The van der Waals surface area contributed by atoms with Gasteiger partial charge in [-0.15, -0.1) is 0 Å². The van der Waals surface area contributed by atoms with E-state index >= 15 is 0 Å². The van der Waals surface area contributed by atoms with Crippen molar-refractivity contribution in [3.63, 3.8) is 0 Å². The maximum atomic E-state index is 11.7. The Morgan fingerprint density at radius 3 is 2.07 bits per heavy atom. The van der Waals surface area contributed by atoms with Crippen LogP contribution >= 0.6 is 0 Å². The van der Waals surface area contributed by atoms with Crippen molar-refractivity contribution in [1.29, 1.82) is 0 Å². The van der Waals surface area contributed by atoms with Crippen molar-refractivity contribution in [2.45, 2.75) is 25.7 Å². The number of nitrogens with one attached hydrogen (secondary N) is 2. The van der Waals surface area contributed by atoms with Gasteiger partial charge in [-0.25, -0.2) is 4.79 Å². The van der Waals surface area contributed by atoms with Crippen molar-refractivity contribution >= 4 is 23.8 Å². The third kappa shape index (κ3) is 11.0. The molecule has 0 aliphatic carbocycles. The van der Waals surface area contributed by atoms with E-state index in [9.17, 15) is 19.2 Å². The molecule has 0 aromatic carbocycles. The summed E-state index contributed by atoms with van der Waals surface area (Å²) >= 11 is 0. The maximum absolute atomic E-state index is 11.7. The smallest absolute Gasteiger partial charge is 0.404 e. The fourth-order valence-electron chi connectivity index (χ4n) is 2.29. The Labute approximate surface area is 157 Å². The van der Waals surface area contributed by atoms with Crippen LogP contribution in [0.2, 0.25) is 0 Å². The van der Waals surface area contributed by atoms with Crippen LogP contribution in [0.25, 0.3) is 0 Å². The molecular weight excluding hydrogens is 358 g/mol. The highest BCUT2D eigenvalue weighted by molar-refractivity contribution is 6.12. The number of ether oxygens (including phenoxy) is 2. The number of rotatable bonds is 15. The SMILES string of the molecule is O=C(O)NCCOCCOCCNC(=O)CCCCCN1C(=O)C=CC1=O. The Balaban J connectivity index is 1.84. The van der Waals surface area contributed by atoms with Gasteiger partial charge in [0, 0.05) is 38.2 Å². The molecule has 0 atom stereocenters. The average Bonchev–Trinajstić information content (AvgIpc) is 2.94. The third-order valence-corrected chi connectivity index (χ3v) is 3.65. The molecule has 10 heteroatoms. The first-order valence-electron chi connectivity index (χ1n) is 8.93. The van der Waals surface area contributed by atoms with Gasteiger partial charge in [0.2, 0.25) is 5.91 Å². The van der Waals surface area contributed by atoms with Crippen LogP contribution in [0, 0.1) is 0 Å². The maximum Gasteiger partial charge on any atom is 0.404 e. The predicted octanol–water partition coefficient (Wildman–Crippen LogP) is -0.111. The van der Waals surface area contributed by atoms with Gasteiger partial charge in [0.05, 0.1) is 26.4 Å². The second-order valence-electron chi connectivity index (χ2n) is 5.78. The lowest BCUT2D eigenvalue weighted by Crippen LogP contribution is -2.31. The number of nitrogens with zero attached hydrogens (tertiary/aromatic N) is 1. The van der Waals surface area contributed by atoms with Gasteiger partial charge >= 0.3 is 6.09 Å². The summed E-state index contributed by atoms with van der Waals surface area (Å²) in [6.07, 6.45) is 3.96. The molecular formula is C17H27N3O7. The molecule has 3 N–H and O–H groups in total. The van der Waals surface area contributed by atoms with Crippen LogP contribution in [0.1, 0.15) is 25.7 Å². The Morgan fingerprint density at radius 2 is 1.48 bits per heavy atom. The highest BCUT2D eigenvalue weighted by Crippen LogP contribution is 2.07. The molecule has 0 aromatic rings. The van der Waals surface area contributed by atoms with Crippen molar-refractivity contribution in [2.24, 2.45) is 0 Å². The van der Waals surface area contributed by atoms with Gasteiger partial charge < -0.3 is 25.2 Å². The summed E-state index contributed by atoms with van der Waals surface area (Å²) < 4.78 is 10.4. The van der Waals surface area contributed by atoms with Crippen LogP contribution in [0.3, 0.4) is 0 Å². The lowest BCUT2D eigenvalue weighted by molar-refractivity contribution is -0.137. The van der Waals surface area contributed by atoms with Gasteiger partial charge in [-0.2, -0.15) is 0 Å². The molecule has 0 radical (unpaired) electrons. The summed E-state index contributed by atoms with van der Waals surface area (Å²) in [7, 11) is 0. The zero-order chi connectivity index (χ0) is 19.9. The molecule has 0 unspecified atom stereocenters. The largest absolute Gasteiger partial charge is 0.465 e. The van der Waals surface area contributed by atoms with Crippen LogP contribution in [0.4, 0.5) is 4.79 Å². The van der Waals surface area contributed by atoms with Crippen molar-refractivity contribution in [1.82, 2.24) is 15.5 Å². The Hall–Kier alpha value is -2.46. The van der Waals surface area contributed by atoms with Crippen molar-refractivity contribution in [3.05, 3.63) is 12.2 Å². The van der Waals surface area contributed by atoms with E-state index in [4.69, 9.17) is 14.6 Å². The number of amides is 4. The van der Waals surface area contributed by atoms with E-state index in [2.05, 4.69) is 10.6 Å². The average molecular weight is 385 g/mol. The summed E-state index contributed by atoms with van der Waals surface area (Å²) in [5.41, 5.74) is 0. The molecule has 0 saturated heterocycles. The molecule has 4 amide bonds. The highest BCUT2D eigenvalue weighted by Gasteiger charge is 2.22. The monoisotopic (exact) mass is 385 g/mol. The third-order valence-electron chi connectivity index (χ3n) is 3.65. The zero-order valence-electron chi connectivity index (χ0n) is 15.3. The molecule has 0 saturated carbocycles. The van der Waals surface area contributed by atoms with Crippen LogP contribution in [-0.2, 0) is 23.9 Å². The predicted molar refractivity (Wildman–Crippen MR) is 95.0 cm³/mol. The van der Waals surface area contributed by atoms with E-state index in [1.165, 1.54) is 17.1 Å². The number of carbonyl (C=O) groups is 4. The van der Waals surface area contributed by atoms with Gasteiger partial charge in [0.25, 0.3) is 11.8 Å². The molecule has 1 aliphatic heterocycles. The molecule has 0 spiro atoms. The van der Waals surface area contributed by atoms with E-state index in [1.807, 2.05) is 0 Å². The highest BCUT2D eigenvalue weighted by atomic mass is 16.5. The minimum Gasteiger partial charge on any atom is -0.465 e. The fourth-order valence-corrected chi connectivity index (χ4v) is 2.29. The van der Waals surface area contributed by atoms with Crippen molar-refractivity contribution in [3.8, 4) is 0 Å². The van der Waals surface area contributed by atoms with Gasteiger partial charge in [0.1, 0.15) is 0 Å². The molecule has 27 heavy (non-hydrogen) atoms. The topological polar surface area (TPSA) is 134 Å². The molecule has 1 aliphatic rings. The Kier molecular flexibility index (Phi) is 11.5. The van der Waals surface area contributed by atoms with E-state index in [0.29, 0.717) is 52.2 Å². The first kappa shape index (κ1) is 22.6. The van der Waals surface area contributed by atoms with Gasteiger partial charge in [-0.1, -0.05) is 6.42 Å². The number of carbonyl (C=O) groups excluding carboxylic acids is 3. The van der Waals surface area contributed by atoms with E-state index in [1.54, 1.807) is 0 Å². The standard InChI is InChI=1S/C17H27N3O7/c21-14(4-2-1-3-9-20-15(22)5-6-16(20)23)18-7-10-26-12-13-27-11-8-19-17(24)25/h5-6,19H,1-4,7-13H2,(H,18,21)(H,24,25). The Bertz CT molecular complexity index is 519. The summed E-state index contributed by atoms with van der Waals surface area (Å²) in [5.74, 6) is -0.621. The van der Waals surface area contributed by atoms with Crippen LogP contribution in [0.15, 0.2) is 12.2 Å². The number of carboxylic acid groups (broad SMARTS) is 1. The summed E-state index contributed by atoms with van der Waals surface area (Å²) in [6.45, 7) is 2.39. The lowest BCUT2D eigenvalue weighted by atomic mass is 10.2. The summed E-state index contributed by atoms with van der Waals surface area (Å²) in [4.78, 5) is 45.7. The van der Waals surface area contributed by atoms with Gasteiger partial charge in [-0.05, 0) is 12.8 Å². The Morgan fingerprint density at radius 1 is 0.889 bits per heavy atom. The van der Waals surface area contributed by atoms with Crippen molar-refractivity contribution < 1.29 is 33.8 Å². The van der Waals surface area contributed by atoms with Crippen molar-refractivity contribution in [2.75, 3.05) is 46.1 Å². The van der Waals surface area contributed by atoms with E-state index < -0.39 is 6.09 Å². The van der Waals surface area contributed by atoms with Crippen LogP contribution in [0.5, 0.6) is 0 Å².